The fourth-order valence-corrected chi connectivity index (χ4v) is 3.14. The van der Waals surface area contributed by atoms with Crippen molar-refractivity contribution in [3.8, 4) is 0 Å². The molecule has 0 aliphatic carbocycles. The summed E-state index contributed by atoms with van der Waals surface area (Å²) in [5.74, 6) is 0. The SMILES string of the molecule is Br.[Mg+2].[c-]1csc2ccccc12.[c-]1csc2ccccc12. The van der Waals surface area contributed by atoms with Crippen LogP contribution in [-0.4, -0.2) is 23.1 Å². The van der Waals surface area contributed by atoms with E-state index in [1.54, 1.807) is 22.7 Å². The topological polar surface area (TPSA) is 0 Å². The van der Waals surface area contributed by atoms with Crippen molar-refractivity contribution < 1.29 is 0 Å². The maximum atomic E-state index is 3.14. The zero-order valence-electron chi connectivity index (χ0n) is 10.7. The molecular formula is C16H11BrMgS2. The van der Waals surface area contributed by atoms with Crippen molar-refractivity contribution in [3.63, 3.8) is 0 Å². The van der Waals surface area contributed by atoms with Crippen molar-refractivity contribution >= 4 is 82.9 Å². The Morgan fingerprint density at radius 3 is 1.45 bits per heavy atom. The van der Waals surface area contributed by atoms with Crippen LogP contribution in [0.4, 0.5) is 0 Å². The van der Waals surface area contributed by atoms with Crippen LogP contribution in [0.1, 0.15) is 0 Å². The molecule has 0 bridgehead atoms. The summed E-state index contributed by atoms with van der Waals surface area (Å²) >= 11 is 3.46. The molecule has 4 heteroatoms. The first-order valence-electron chi connectivity index (χ1n) is 5.61. The molecule has 0 amide bonds. The largest absolute Gasteiger partial charge is 2.00 e. The summed E-state index contributed by atoms with van der Waals surface area (Å²) in [6, 6.07) is 22.8. The van der Waals surface area contributed by atoms with E-state index in [0.29, 0.717) is 0 Å². The fraction of sp³-hybridized carbons (Fsp3) is 0. The minimum Gasteiger partial charge on any atom is -0.226 e. The Balaban J connectivity index is 0.000000182. The van der Waals surface area contributed by atoms with Gasteiger partial charge < -0.3 is 0 Å². The van der Waals surface area contributed by atoms with Crippen LogP contribution in [0, 0.1) is 12.1 Å². The first-order valence-corrected chi connectivity index (χ1v) is 7.37. The molecule has 4 rings (SSSR count). The van der Waals surface area contributed by atoms with E-state index in [9.17, 15) is 0 Å². The van der Waals surface area contributed by atoms with Crippen molar-refractivity contribution in [1.29, 1.82) is 0 Å². The Kier molecular flexibility index (Phi) is 7.77. The van der Waals surface area contributed by atoms with Gasteiger partial charge in [-0.1, -0.05) is 32.3 Å². The van der Waals surface area contributed by atoms with Crippen molar-refractivity contribution in [1.82, 2.24) is 0 Å². The number of halogens is 1. The molecule has 4 aromatic rings. The summed E-state index contributed by atoms with van der Waals surface area (Å²) in [6.45, 7) is 0. The van der Waals surface area contributed by atoms with E-state index in [1.807, 2.05) is 35.0 Å². The quantitative estimate of drug-likeness (QED) is 0.279. The van der Waals surface area contributed by atoms with E-state index in [4.69, 9.17) is 0 Å². The van der Waals surface area contributed by atoms with Crippen LogP contribution in [0.3, 0.4) is 0 Å². The molecule has 0 aliphatic rings. The maximum Gasteiger partial charge on any atom is 2.00 e. The number of hydrogen-bond donors (Lipinski definition) is 0. The monoisotopic (exact) mass is 370 g/mol. The molecule has 0 saturated carbocycles. The number of rotatable bonds is 0. The van der Waals surface area contributed by atoms with Crippen molar-refractivity contribution in [2.45, 2.75) is 0 Å². The predicted molar refractivity (Wildman–Crippen MR) is 97.4 cm³/mol. The molecule has 0 fully saturated rings. The second kappa shape index (κ2) is 8.80. The van der Waals surface area contributed by atoms with Gasteiger partial charge in [0.15, 0.2) is 0 Å². The molecule has 0 saturated heterocycles. The van der Waals surface area contributed by atoms with Crippen LogP contribution in [-0.2, 0) is 0 Å². The van der Waals surface area contributed by atoms with Gasteiger partial charge in [-0.2, -0.15) is 35.0 Å². The average molecular weight is 372 g/mol. The number of fused-ring (bicyclic) bond motifs is 2. The first kappa shape index (κ1) is 17.7. The van der Waals surface area contributed by atoms with Crippen LogP contribution in [0.25, 0.3) is 20.2 Å². The van der Waals surface area contributed by atoms with Gasteiger partial charge in [0.25, 0.3) is 0 Å². The minimum atomic E-state index is 0. The molecule has 20 heavy (non-hydrogen) atoms. The minimum absolute atomic E-state index is 0. The van der Waals surface area contributed by atoms with E-state index < -0.39 is 0 Å². The molecule has 0 nitrogen and oxygen atoms in total. The van der Waals surface area contributed by atoms with Crippen LogP contribution < -0.4 is 0 Å². The van der Waals surface area contributed by atoms with Crippen LogP contribution in [0.15, 0.2) is 59.3 Å². The van der Waals surface area contributed by atoms with E-state index in [-0.39, 0.29) is 40.0 Å². The zero-order chi connectivity index (χ0) is 12.2. The van der Waals surface area contributed by atoms with E-state index in [0.717, 1.165) is 0 Å². The van der Waals surface area contributed by atoms with Gasteiger partial charge in [-0.15, -0.1) is 41.2 Å². The molecule has 0 aliphatic heterocycles. The Morgan fingerprint density at radius 2 is 1.05 bits per heavy atom. The molecular weight excluding hydrogens is 361 g/mol. The van der Waals surface area contributed by atoms with Gasteiger partial charge in [-0.3, -0.25) is 0 Å². The van der Waals surface area contributed by atoms with Crippen LogP contribution in [0.2, 0.25) is 0 Å². The molecule has 96 valence electrons. The van der Waals surface area contributed by atoms with Gasteiger partial charge in [0.2, 0.25) is 0 Å². The summed E-state index contributed by atoms with van der Waals surface area (Å²) < 4.78 is 2.63. The Hall–Kier alpha value is -0.394. The maximum absolute atomic E-state index is 3.14. The third kappa shape index (κ3) is 4.30. The Labute approximate surface area is 153 Å². The Morgan fingerprint density at radius 1 is 0.650 bits per heavy atom. The zero-order valence-corrected chi connectivity index (χ0v) is 15.5. The summed E-state index contributed by atoms with van der Waals surface area (Å²) in [5.41, 5.74) is 0. The second-order valence-corrected chi connectivity index (χ2v) is 5.57. The summed E-state index contributed by atoms with van der Waals surface area (Å²) in [6.07, 6.45) is 0. The van der Waals surface area contributed by atoms with E-state index in [1.165, 1.54) is 20.2 Å². The van der Waals surface area contributed by atoms with Gasteiger partial charge >= 0.3 is 23.1 Å². The number of thiophene rings is 2. The smallest absolute Gasteiger partial charge is 0.226 e. The van der Waals surface area contributed by atoms with Crippen molar-refractivity contribution in [3.05, 3.63) is 71.4 Å². The molecule has 0 atom stereocenters. The third-order valence-electron chi connectivity index (χ3n) is 2.57. The van der Waals surface area contributed by atoms with Crippen LogP contribution in [0.5, 0.6) is 0 Å². The van der Waals surface area contributed by atoms with Gasteiger partial charge in [0.1, 0.15) is 0 Å². The van der Waals surface area contributed by atoms with Crippen molar-refractivity contribution in [2.24, 2.45) is 0 Å². The number of benzene rings is 2. The molecule has 0 radical (unpaired) electrons. The van der Waals surface area contributed by atoms with E-state index in [2.05, 4.69) is 36.4 Å². The second-order valence-electron chi connectivity index (χ2n) is 3.75. The van der Waals surface area contributed by atoms with Gasteiger partial charge in [0.05, 0.1) is 0 Å². The molecule has 0 unspecified atom stereocenters. The Bertz CT molecular complexity index is 634. The normalized spacial score (nSPS) is 9.20. The van der Waals surface area contributed by atoms with Gasteiger partial charge in [-0.05, 0) is 0 Å². The van der Waals surface area contributed by atoms with E-state index >= 15 is 0 Å². The fourth-order valence-electron chi connectivity index (χ4n) is 1.69. The van der Waals surface area contributed by atoms with Crippen molar-refractivity contribution in [2.75, 3.05) is 0 Å². The molecule has 0 spiro atoms. The average Bonchev–Trinajstić information content (AvgIpc) is 3.08. The summed E-state index contributed by atoms with van der Waals surface area (Å²) in [4.78, 5) is 0. The standard InChI is InChI=1S/2C8H5S.BrH.Mg/c2*1-2-4-8-7(3-1)5-6-9-8;;/h2*1-4,6H;1H;/q2*-1;;+2. The molecule has 2 aromatic carbocycles. The molecule has 0 N–H and O–H groups in total. The predicted octanol–water partition coefficient (Wildman–Crippen LogP) is 5.60. The summed E-state index contributed by atoms with van der Waals surface area (Å²) in [7, 11) is 0. The number of hydrogen-bond acceptors (Lipinski definition) is 2. The van der Waals surface area contributed by atoms with Crippen LogP contribution >= 0.6 is 39.7 Å². The first-order chi connectivity index (χ1) is 8.93. The third-order valence-corrected chi connectivity index (χ3v) is 4.27. The van der Waals surface area contributed by atoms with Gasteiger partial charge in [-0.25, -0.2) is 22.7 Å². The molecule has 2 heterocycles. The summed E-state index contributed by atoms with van der Waals surface area (Å²) in [5, 5.41) is 6.43. The van der Waals surface area contributed by atoms with Gasteiger partial charge in [0, 0.05) is 0 Å². The molecule has 2 aromatic heterocycles.